The summed E-state index contributed by atoms with van der Waals surface area (Å²) in [4.78, 5) is 2.55. The second-order valence-electron chi connectivity index (χ2n) is 4.79. The Morgan fingerprint density at radius 2 is 2.31 bits per heavy atom. The smallest absolute Gasteiger partial charge is 0.139 e. The molecule has 1 rings (SSSR count). The maximum absolute atomic E-state index is 8.39. The van der Waals surface area contributed by atoms with Crippen molar-refractivity contribution in [2.45, 2.75) is 45.4 Å². The number of nitrogens with zero attached hydrogens (tertiary/aromatic N) is 2. The molecule has 1 unspecified atom stereocenters. The minimum absolute atomic E-state index is 0.352. The Morgan fingerprint density at radius 3 is 3.00 bits per heavy atom. The van der Waals surface area contributed by atoms with Crippen molar-refractivity contribution >= 4 is 5.84 Å². The third-order valence-corrected chi connectivity index (χ3v) is 3.35. The van der Waals surface area contributed by atoms with E-state index >= 15 is 0 Å². The first-order valence-electron chi connectivity index (χ1n) is 6.45. The first-order chi connectivity index (χ1) is 7.76. The summed E-state index contributed by atoms with van der Waals surface area (Å²) >= 11 is 0. The number of oxime groups is 1. The number of nitrogens with two attached hydrogens (primary N) is 1. The van der Waals surface area contributed by atoms with E-state index < -0.39 is 0 Å². The molecule has 94 valence electrons. The summed E-state index contributed by atoms with van der Waals surface area (Å²) in [5, 5.41) is 11.4. The van der Waals surface area contributed by atoms with Crippen LogP contribution in [0.2, 0.25) is 0 Å². The van der Waals surface area contributed by atoms with Gasteiger partial charge in [-0.2, -0.15) is 0 Å². The molecule has 3 N–H and O–H groups in total. The minimum atomic E-state index is 0.352. The average Bonchev–Trinajstić information content (AvgIpc) is 2.72. The first kappa shape index (κ1) is 13.3. The molecule has 1 atom stereocenters. The number of hydrogen-bond acceptors (Lipinski definition) is 3. The van der Waals surface area contributed by atoms with Crippen LogP contribution in [-0.4, -0.2) is 35.6 Å². The minimum Gasteiger partial charge on any atom is -0.409 e. The van der Waals surface area contributed by atoms with Crippen molar-refractivity contribution < 1.29 is 5.21 Å². The lowest BCUT2D eigenvalue weighted by Gasteiger charge is -2.15. The summed E-state index contributed by atoms with van der Waals surface area (Å²) < 4.78 is 0. The molecule has 0 spiro atoms. The van der Waals surface area contributed by atoms with Gasteiger partial charge >= 0.3 is 0 Å². The van der Waals surface area contributed by atoms with Crippen LogP contribution in [0.3, 0.4) is 0 Å². The van der Waals surface area contributed by atoms with Gasteiger partial charge in [0.15, 0.2) is 0 Å². The van der Waals surface area contributed by atoms with E-state index in [2.05, 4.69) is 17.0 Å². The number of rotatable bonds is 7. The van der Waals surface area contributed by atoms with Gasteiger partial charge in [-0.1, -0.05) is 18.5 Å². The molecule has 0 aliphatic carbocycles. The highest BCUT2D eigenvalue weighted by Gasteiger charge is 2.20. The van der Waals surface area contributed by atoms with Crippen LogP contribution in [0.25, 0.3) is 0 Å². The Bertz CT molecular complexity index is 218. The summed E-state index contributed by atoms with van der Waals surface area (Å²) in [6.45, 7) is 5.96. The quantitative estimate of drug-likeness (QED) is 0.230. The fourth-order valence-electron chi connectivity index (χ4n) is 2.45. The van der Waals surface area contributed by atoms with Crippen molar-refractivity contribution in [2.24, 2.45) is 16.8 Å². The molecule has 0 aromatic heterocycles. The molecule has 0 bridgehead atoms. The molecule has 0 aromatic rings. The highest BCUT2D eigenvalue weighted by atomic mass is 16.4. The van der Waals surface area contributed by atoms with E-state index in [0.29, 0.717) is 12.3 Å². The molecule has 0 aromatic carbocycles. The van der Waals surface area contributed by atoms with Crippen molar-refractivity contribution in [3.8, 4) is 0 Å². The Labute approximate surface area is 98.5 Å². The van der Waals surface area contributed by atoms with Crippen molar-refractivity contribution in [2.75, 3.05) is 19.6 Å². The lowest BCUT2D eigenvalue weighted by atomic mass is 10.0. The molecule has 1 aliphatic rings. The molecule has 0 radical (unpaired) electrons. The van der Waals surface area contributed by atoms with Crippen LogP contribution in [0.15, 0.2) is 5.16 Å². The van der Waals surface area contributed by atoms with Gasteiger partial charge in [0, 0.05) is 13.0 Å². The maximum atomic E-state index is 8.39. The number of amidine groups is 1. The van der Waals surface area contributed by atoms with E-state index in [-0.39, 0.29) is 0 Å². The molecular formula is C12H25N3O. The lowest BCUT2D eigenvalue weighted by Crippen LogP contribution is -2.22. The fraction of sp³-hybridized carbons (Fsp3) is 0.917. The van der Waals surface area contributed by atoms with Gasteiger partial charge in [-0.25, -0.2) is 0 Å². The van der Waals surface area contributed by atoms with Crippen LogP contribution in [0.5, 0.6) is 0 Å². The second kappa shape index (κ2) is 7.49. The summed E-state index contributed by atoms with van der Waals surface area (Å²) in [6.07, 6.45) is 6.93. The predicted molar refractivity (Wildman–Crippen MR) is 66.7 cm³/mol. The topological polar surface area (TPSA) is 61.8 Å². The monoisotopic (exact) mass is 227 g/mol. The predicted octanol–water partition coefficient (Wildman–Crippen LogP) is 2.03. The SMILES string of the molecule is CCCC1CCN(CCCCC(N)=NO)C1. The van der Waals surface area contributed by atoms with Crippen LogP contribution in [0, 0.1) is 5.92 Å². The molecule has 1 heterocycles. The number of hydrogen-bond donors (Lipinski definition) is 2. The Hall–Kier alpha value is -0.770. The third-order valence-electron chi connectivity index (χ3n) is 3.35. The summed E-state index contributed by atoms with van der Waals surface area (Å²) in [7, 11) is 0. The summed E-state index contributed by atoms with van der Waals surface area (Å²) in [5.74, 6) is 1.28. The Kier molecular flexibility index (Phi) is 6.23. The van der Waals surface area contributed by atoms with Gasteiger partial charge in [0.05, 0.1) is 0 Å². The van der Waals surface area contributed by atoms with Gasteiger partial charge in [-0.15, -0.1) is 0 Å². The molecule has 0 saturated carbocycles. The molecule has 1 fully saturated rings. The van der Waals surface area contributed by atoms with Gasteiger partial charge in [-0.3, -0.25) is 0 Å². The number of likely N-dealkylation sites (tertiary alicyclic amines) is 1. The van der Waals surface area contributed by atoms with Gasteiger partial charge in [0.2, 0.25) is 0 Å². The molecule has 16 heavy (non-hydrogen) atoms. The van der Waals surface area contributed by atoms with E-state index in [1.54, 1.807) is 0 Å². The van der Waals surface area contributed by atoms with E-state index in [0.717, 1.165) is 18.8 Å². The zero-order valence-corrected chi connectivity index (χ0v) is 10.4. The van der Waals surface area contributed by atoms with Gasteiger partial charge in [0.25, 0.3) is 0 Å². The molecule has 4 heteroatoms. The lowest BCUT2D eigenvalue weighted by molar-refractivity contribution is 0.309. The van der Waals surface area contributed by atoms with Gasteiger partial charge in [-0.05, 0) is 44.7 Å². The molecule has 4 nitrogen and oxygen atoms in total. The van der Waals surface area contributed by atoms with Crippen LogP contribution in [-0.2, 0) is 0 Å². The summed E-state index contributed by atoms with van der Waals surface area (Å²) in [6, 6.07) is 0. The third kappa shape index (κ3) is 4.84. The first-order valence-corrected chi connectivity index (χ1v) is 6.45. The van der Waals surface area contributed by atoms with Crippen molar-refractivity contribution in [1.82, 2.24) is 4.90 Å². The Morgan fingerprint density at radius 1 is 1.50 bits per heavy atom. The van der Waals surface area contributed by atoms with Crippen molar-refractivity contribution in [3.63, 3.8) is 0 Å². The fourth-order valence-corrected chi connectivity index (χ4v) is 2.45. The number of unbranched alkanes of at least 4 members (excludes halogenated alkanes) is 1. The largest absolute Gasteiger partial charge is 0.409 e. The standard InChI is InChI=1S/C12H25N3O/c1-2-5-11-7-9-15(10-11)8-4-3-6-12(13)14-16/h11,16H,2-10H2,1H3,(H2,13,14). The normalized spacial score (nSPS) is 22.8. The molecule has 0 amide bonds. The zero-order valence-electron chi connectivity index (χ0n) is 10.4. The van der Waals surface area contributed by atoms with Crippen LogP contribution in [0.1, 0.15) is 45.4 Å². The van der Waals surface area contributed by atoms with Crippen molar-refractivity contribution in [3.05, 3.63) is 0 Å². The highest BCUT2D eigenvalue weighted by molar-refractivity contribution is 5.79. The molecule has 1 aliphatic heterocycles. The van der Waals surface area contributed by atoms with Crippen LogP contribution in [0.4, 0.5) is 0 Å². The van der Waals surface area contributed by atoms with Crippen LogP contribution >= 0.6 is 0 Å². The zero-order chi connectivity index (χ0) is 11.8. The van der Waals surface area contributed by atoms with Gasteiger partial charge < -0.3 is 15.8 Å². The van der Waals surface area contributed by atoms with E-state index in [1.807, 2.05) is 0 Å². The van der Waals surface area contributed by atoms with E-state index in [1.165, 1.54) is 38.9 Å². The van der Waals surface area contributed by atoms with E-state index in [9.17, 15) is 0 Å². The molecular weight excluding hydrogens is 202 g/mol. The summed E-state index contributed by atoms with van der Waals surface area (Å²) in [5.41, 5.74) is 5.42. The average molecular weight is 227 g/mol. The second-order valence-corrected chi connectivity index (χ2v) is 4.79. The maximum Gasteiger partial charge on any atom is 0.139 e. The van der Waals surface area contributed by atoms with Crippen molar-refractivity contribution in [1.29, 1.82) is 0 Å². The van der Waals surface area contributed by atoms with Crippen LogP contribution < -0.4 is 5.73 Å². The molecule has 1 saturated heterocycles. The van der Waals surface area contributed by atoms with Gasteiger partial charge in [0.1, 0.15) is 5.84 Å². The highest BCUT2D eigenvalue weighted by Crippen LogP contribution is 2.20. The van der Waals surface area contributed by atoms with E-state index in [4.69, 9.17) is 10.9 Å². The Balaban J connectivity index is 2.02.